The second kappa shape index (κ2) is 69.3. The van der Waals surface area contributed by atoms with Gasteiger partial charge in [0, 0.05) is 19.3 Å². The lowest BCUT2D eigenvalue weighted by Gasteiger charge is -2.18. The molecule has 0 spiro atoms. The Hall–Kier alpha value is -4.19. The lowest BCUT2D eigenvalue weighted by Crippen LogP contribution is -2.30. The zero-order valence-corrected chi connectivity index (χ0v) is 53.7. The Kier molecular flexibility index (Phi) is 65.8. The van der Waals surface area contributed by atoms with Crippen LogP contribution in [0.5, 0.6) is 0 Å². The van der Waals surface area contributed by atoms with Gasteiger partial charge in [-0.05, 0) is 116 Å². The first-order valence-corrected chi connectivity index (χ1v) is 34.5. The van der Waals surface area contributed by atoms with Gasteiger partial charge in [-0.3, -0.25) is 14.4 Å². The molecule has 0 radical (unpaired) electrons. The van der Waals surface area contributed by atoms with Crippen molar-refractivity contribution in [1.29, 1.82) is 0 Å². The van der Waals surface area contributed by atoms with Gasteiger partial charge < -0.3 is 14.2 Å². The SMILES string of the molecule is CC/C=C\C/C=C\C/C=C\C/C=C\C/C=C\C/C=C\C/C=C\C/C=C\CCCCCCCCCCC(=O)OCC(COC(=O)CCCCCCCCCCCC)OC(=O)CCCCCCCCCCC/C=C\C/C=C\CCCCCCC. The first kappa shape index (κ1) is 77.8. The van der Waals surface area contributed by atoms with Gasteiger partial charge in [0.05, 0.1) is 0 Å². The standard InChI is InChI=1S/C76H128O6/c1-4-7-10-13-16-19-22-24-26-28-30-32-33-34-35-36-37-38-39-40-41-42-43-45-46-48-50-52-54-57-60-63-66-69-75(78)81-72-73(71-80-74(77)68-65-62-59-56-21-18-15-12-9-6-3)82-76(79)70-67-64-61-58-55-53-51-49-47-44-31-29-27-25-23-20-17-14-11-8-5-2/h7,10,16,19,23-26,29-32,34-35,37-38,40-41,43,45,73H,4-6,8-9,11-15,17-18,20-22,27-28,33,36,39,42,44,46-72H2,1-3H3/b10-7-,19-16-,25-23-,26-24-,31-29-,32-30-,35-34-,38-37-,41-40-,45-43-. The van der Waals surface area contributed by atoms with Crippen molar-refractivity contribution in [2.75, 3.05) is 13.2 Å². The van der Waals surface area contributed by atoms with E-state index >= 15 is 0 Å². The molecule has 0 saturated heterocycles. The maximum atomic E-state index is 12.9. The molecule has 0 amide bonds. The van der Waals surface area contributed by atoms with E-state index in [1.165, 1.54) is 161 Å². The molecular formula is C76H128O6. The van der Waals surface area contributed by atoms with Crippen LogP contribution in [0.15, 0.2) is 122 Å². The fourth-order valence-corrected chi connectivity index (χ4v) is 9.55. The first-order valence-electron chi connectivity index (χ1n) is 34.5. The maximum absolute atomic E-state index is 12.9. The van der Waals surface area contributed by atoms with Gasteiger partial charge >= 0.3 is 17.9 Å². The molecule has 0 aromatic heterocycles. The van der Waals surface area contributed by atoms with Crippen LogP contribution in [0.3, 0.4) is 0 Å². The lowest BCUT2D eigenvalue weighted by molar-refractivity contribution is -0.167. The zero-order valence-electron chi connectivity index (χ0n) is 53.7. The van der Waals surface area contributed by atoms with Crippen LogP contribution in [0, 0.1) is 0 Å². The van der Waals surface area contributed by atoms with Crippen molar-refractivity contribution in [3.05, 3.63) is 122 Å². The van der Waals surface area contributed by atoms with Crippen molar-refractivity contribution in [1.82, 2.24) is 0 Å². The van der Waals surface area contributed by atoms with Crippen molar-refractivity contribution >= 4 is 17.9 Å². The Morgan fingerprint density at radius 3 is 0.744 bits per heavy atom. The predicted molar refractivity (Wildman–Crippen MR) is 357 cm³/mol. The molecule has 0 aromatic carbocycles. The minimum absolute atomic E-state index is 0.0809. The van der Waals surface area contributed by atoms with Gasteiger partial charge in [-0.2, -0.15) is 0 Å². The summed E-state index contributed by atoms with van der Waals surface area (Å²) in [4.78, 5) is 38.3. The number of hydrogen-bond acceptors (Lipinski definition) is 6. The number of carbonyl (C=O) groups excluding carboxylic acids is 3. The topological polar surface area (TPSA) is 78.9 Å². The Balaban J connectivity index is 4.24. The van der Waals surface area contributed by atoms with Crippen LogP contribution in [0.4, 0.5) is 0 Å². The third-order valence-corrected chi connectivity index (χ3v) is 14.7. The Morgan fingerprint density at radius 1 is 0.256 bits per heavy atom. The van der Waals surface area contributed by atoms with E-state index in [-0.39, 0.29) is 31.1 Å². The van der Waals surface area contributed by atoms with Gasteiger partial charge in [0.1, 0.15) is 13.2 Å². The van der Waals surface area contributed by atoms with Gasteiger partial charge in [-0.15, -0.1) is 0 Å². The molecule has 0 aromatic rings. The van der Waals surface area contributed by atoms with Gasteiger partial charge in [0.25, 0.3) is 0 Å². The van der Waals surface area contributed by atoms with Gasteiger partial charge in [-0.25, -0.2) is 0 Å². The van der Waals surface area contributed by atoms with E-state index in [2.05, 4.69) is 142 Å². The summed E-state index contributed by atoms with van der Waals surface area (Å²) in [5, 5.41) is 0. The van der Waals surface area contributed by atoms with E-state index in [4.69, 9.17) is 14.2 Å². The van der Waals surface area contributed by atoms with E-state index in [1.807, 2.05) is 0 Å². The van der Waals surface area contributed by atoms with Crippen LogP contribution in [0.25, 0.3) is 0 Å². The van der Waals surface area contributed by atoms with Crippen LogP contribution in [0.2, 0.25) is 0 Å². The monoisotopic (exact) mass is 1140 g/mol. The Bertz CT molecular complexity index is 1690. The van der Waals surface area contributed by atoms with E-state index in [0.717, 1.165) is 122 Å². The fraction of sp³-hybridized carbons (Fsp3) is 0.697. The number of unbranched alkanes of at least 4 members (excludes halogenated alkanes) is 31. The molecule has 0 N–H and O–H groups in total. The molecule has 1 unspecified atom stereocenters. The summed E-state index contributed by atoms with van der Waals surface area (Å²) < 4.78 is 16.9. The maximum Gasteiger partial charge on any atom is 0.306 e. The summed E-state index contributed by atoms with van der Waals surface area (Å²) >= 11 is 0. The molecule has 0 aliphatic rings. The van der Waals surface area contributed by atoms with Gasteiger partial charge in [0.15, 0.2) is 6.10 Å². The minimum Gasteiger partial charge on any atom is -0.462 e. The van der Waals surface area contributed by atoms with Crippen molar-refractivity contribution in [2.24, 2.45) is 0 Å². The van der Waals surface area contributed by atoms with Crippen LogP contribution in [0.1, 0.15) is 323 Å². The molecule has 0 rings (SSSR count). The number of ether oxygens (including phenoxy) is 3. The van der Waals surface area contributed by atoms with Gasteiger partial charge in [0.2, 0.25) is 0 Å². The third kappa shape index (κ3) is 66.6. The van der Waals surface area contributed by atoms with Crippen molar-refractivity contribution in [3.63, 3.8) is 0 Å². The highest BCUT2D eigenvalue weighted by Gasteiger charge is 2.19. The summed E-state index contributed by atoms with van der Waals surface area (Å²) in [6.45, 7) is 6.52. The summed E-state index contributed by atoms with van der Waals surface area (Å²) in [6.07, 6.45) is 96.5. The largest absolute Gasteiger partial charge is 0.462 e. The fourth-order valence-electron chi connectivity index (χ4n) is 9.55. The summed E-state index contributed by atoms with van der Waals surface area (Å²) in [5.41, 5.74) is 0. The Labute approximate surface area is 507 Å². The molecule has 0 saturated carbocycles. The molecule has 6 nitrogen and oxygen atoms in total. The summed E-state index contributed by atoms with van der Waals surface area (Å²) in [5.74, 6) is -0.886. The minimum atomic E-state index is -0.785. The van der Waals surface area contributed by atoms with E-state index in [0.29, 0.717) is 19.3 Å². The predicted octanol–water partition coefficient (Wildman–Crippen LogP) is 23.9. The molecular weight excluding hydrogens is 1010 g/mol. The molecule has 0 aliphatic carbocycles. The molecule has 0 aliphatic heterocycles. The van der Waals surface area contributed by atoms with Crippen LogP contribution in [-0.4, -0.2) is 37.2 Å². The molecule has 82 heavy (non-hydrogen) atoms. The lowest BCUT2D eigenvalue weighted by atomic mass is 10.1. The number of allylic oxidation sites excluding steroid dienone is 20. The molecule has 6 heteroatoms. The highest BCUT2D eigenvalue weighted by molar-refractivity contribution is 5.71. The highest BCUT2D eigenvalue weighted by Crippen LogP contribution is 2.16. The summed E-state index contributed by atoms with van der Waals surface area (Å²) in [6, 6.07) is 0. The van der Waals surface area contributed by atoms with E-state index < -0.39 is 6.10 Å². The van der Waals surface area contributed by atoms with Crippen LogP contribution < -0.4 is 0 Å². The average molecular weight is 1140 g/mol. The second-order valence-corrected chi connectivity index (χ2v) is 22.7. The molecule has 1 atom stereocenters. The second-order valence-electron chi connectivity index (χ2n) is 22.7. The van der Waals surface area contributed by atoms with Gasteiger partial charge in [-0.1, -0.05) is 309 Å². The average Bonchev–Trinajstić information content (AvgIpc) is 3.48. The van der Waals surface area contributed by atoms with Crippen molar-refractivity contribution < 1.29 is 28.6 Å². The first-order chi connectivity index (χ1) is 40.5. The van der Waals surface area contributed by atoms with Crippen LogP contribution in [-0.2, 0) is 28.6 Å². The molecule has 0 fully saturated rings. The summed E-state index contributed by atoms with van der Waals surface area (Å²) in [7, 11) is 0. The smallest absolute Gasteiger partial charge is 0.306 e. The zero-order chi connectivity index (χ0) is 59.2. The molecule has 468 valence electrons. The quantitative estimate of drug-likeness (QED) is 0.0261. The van der Waals surface area contributed by atoms with Crippen molar-refractivity contribution in [2.45, 2.75) is 329 Å². The number of esters is 3. The number of hydrogen-bond donors (Lipinski definition) is 0. The van der Waals surface area contributed by atoms with E-state index in [9.17, 15) is 14.4 Å². The van der Waals surface area contributed by atoms with E-state index in [1.54, 1.807) is 0 Å². The third-order valence-electron chi connectivity index (χ3n) is 14.7. The highest BCUT2D eigenvalue weighted by atomic mass is 16.6. The normalized spacial score (nSPS) is 12.9. The van der Waals surface area contributed by atoms with Crippen LogP contribution >= 0.6 is 0 Å². The van der Waals surface area contributed by atoms with Crippen molar-refractivity contribution in [3.8, 4) is 0 Å². The molecule has 0 heterocycles. The Morgan fingerprint density at radius 2 is 0.476 bits per heavy atom. The molecule has 0 bridgehead atoms. The number of rotatable bonds is 62. The number of carbonyl (C=O) groups is 3.